The van der Waals surface area contributed by atoms with E-state index < -0.39 is 0 Å². The van der Waals surface area contributed by atoms with E-state index in [4.69, 9.17) is 0 Å². The largest absolute Gasteiger partial charge is 0.309 e. The molecule has 2 saturated heterocycles. The van der Waals surface area contributed by atoms with Gasteiger partial charge in [0.15, 0.2) is 0 Å². The molecule has 0 aliphatic carbocycles. The van der Waals surface area contributed by atoms with E-state index in [1.807, 2.05) is 0 Å². The Bertz CT molecular complexity index is 473. The summed E-state index contributed by atoms with van der Waals surface area (Å²) < 4.78 is 0.511. The quantitative estimate of drug-likeness (QED) is 0.861. The molecule has 2 unspecified atom stereocenters. The Morgan fingerprint density at radius 1 is 1.41 bits per heavy atom. The minimum absolute atomic E-state index is 0.0683. The highest BCUT2D eigenvalue weighted by Gasteiger charge is 2.39. The Balaban J connectivity index is 1.86. The molecule has 2 bridgehead atoms. The van der Waals surface area contributed by atoms with Gasteiger partial charge in [0.05, 0.1) is 0 Å². The van der Waals surface area contributed by atoms with E-state index in [-0.39, 0.29) is 5.56 Å². The van der Waals surface area contributed by atoms with E-state index in [0.29, 0.717) is 22.5 Å². The number of hydrogen-bond donors (Lipinski definition) is 1. The molecule has 92 valence electrons. The van der Waals surface area contributed by atoms with Gasteiger partial charge in [0, 0.05) is 24.2 Å². The zero-order chi connectivity index (χ0) is 12.0. The lowest BCUT2D eigenvalue weighted by Gasteiger charge is -2.35. The maximum absolute atomic E-state index is 11.6. The Kier molecular flexibility index (Phi) is 2.83. The third kappa shape index (κ3) is 1.95. The average Bonchev–Trinajstić information content (AvgIpc) is 2.55. The van der Waals surface area contributed by atoms with Crippen LogP contribution < -0.4 is 5.56 Å². The van der Waals surface area contributed by atoms with Crippen LogP contribution in [0.3, 0.4) is 0 Å². The summed E-state index contributed by atoms with van der Waals surface area (Å²) in [5, 5.41) is 0. The van der Waals surface area contributed by atoms with Crippen LogP contribution in [0, 0.1) is 0 Å². The van der Waals surface area contributed by atoms with Crippen molar-refractivity contribution in [3.63, 3.8) is 0 Å². The van der Waals surface area contributed by atoms with Crippen molar-refractivity contribution in [1.29, 1.82) is 0 Å². The van der Waals surface area contributed by atoms with Gasteiger partial charge in [0.25, 0.3) is 5.56 Å². The van der Waals surface area contributed by atoms with Crippen molar-refractivity contribution in [3.05, 3.63) is 26.8 Å². The standard InChI is InChI=1S/C12H16BrN3O/c1-16-8-2-3-9(16)5-7(4-8)11-14-6-10(13)12(17)15-11/h6-9H,2-5H2,1H3,(H,14,15,17). The first-order valence-electron chi connectivity index (χ1n) is 6.12. The monoisotopic (exact) mass is 297 g/mol. The minimum atomic E-state index is -0.0683. The number of H-pyrrole nitrogens is 1. The zero-order valence-electron chi connectivity index (χ0n) is 9.82. The van der Waals surface area contributed by atoms with Crippen LogP contribution in [-0.4, -0.2) is 34.0 Å². The summed E-state index contributed by atoms with van der Waals surface area (Å²) in [4.78, 5) is 21.3. The van der Waals surface area contributed by atoms with Crippen molar-refractivity contribution < 1.29 is 0 Å². The predicted molar refractivity (Wildman–Crippen MR) is 69.1 cm³/mol. The van der Waals surface area contributed by atoms with Crippen LogP contribution in [0.5, 0.6) is 0 Å². The highest BCUT2D eigenvalue weighted by molar-refractivity contribution is 9.10. The first-order chi connectivity index (χ1) is 8.15. The molecule has 2 aliphatic rings. The van der Waals surface area contributed by atoms with Gasteiger partial charge >= 0.3 is 0 Å². The first-order valence-corrected chi connectivity index (χ1v) is 6.91. The van der Waals surface area contributed by atoms with Gasteiger partial charge in [-0.15, -0.1) is 0 Å². The van der Waals surface area contributed by atoms with E-state index in [1.165, 1.54) is 12.8 Å². The van der Waals surface area contributed by atoms with Gasteiger partial charge in [-0.1, -0.05) is 0 Å². The van der Waals surface area contributed by atoms with Crippen LogP contribution in [-0.2, 0) is 0 Å². The Morgan fingerprint density at radius 2 is 2.06 bits per heavy atom. The van der Waals surface area contributed by atoms with Crippen molar-refractivity contribution in [1.82, 2.24) is 14.9 Å². The summed E-state index contributed by atoms with van der Waals surface area (Å²) >= 11 is 3.18. The van der Waals surface area contributed by atoms with Crippen LogP contribution in [0.25, 0.3) is 0 Å². The molecule has 2 aliphatic heterocycles. The molecule has 0 saturated carbocycles. The minimum Gasteiger partial charge on any atom is -0.309 e. The van der Waals surface area contributed by atoms with Gasteiger partial charge in [-0.25, -0.2) is 4.98 Å². The second-order valence-electron chi connectivity index (χ2n) is 5.16. The van der Waals surface area contributed by atoms with Gasteiger partial charge in [0.2, 0.25) is 0 Å². The lowest BCUT2D eigenvalue weighted by atomic mass is 9.90. The van der Waals surface area contributed by atoms with Crippen molar-refractivity contribution in [2.75, 3.05) is 7.05 Å². The second kappa shape index (κ2) is 4.21. The molecule has 0 spiro atoms. The SMILES string of the molecule is CN1C2CCC1CC(c1ncc(Br)c(=O)[nH]1)C2. The molecule has 2 fully saturated rings. The van der Waals surface area contributed by atoms with Gasteiger partial charge in [-0.05, 0) is 48.7 Å². The Labute approximate surface area is 109 Å². The average molecular weight is 298 g/mol. The number of fused-ring (bicyclic) bond motifs is 2. The lowest BCUT2D eigenvalue weighted by molar-refractivity contribution is 0.158. The molecular formula is C12H16BrN3O. The normalized spacial score (nSPS) is 32.9. The lowest BCUT2D eigenvalue weighted by Crippen LogP contribution is -2.39. The number of halogens is 1. The molecule has 0 radical (unpaired) electrons. The molecule has 0 amide bonds. The van der Waals surface area contributed by atoms with E-state index in [1.54, 1.807) is 6.20 Å². The van der Waals surface area contributed by atoms with Crippen molar-refractivity contribution in [3.8, 4) is 0 Å². The molecule has 5 heteroatoms. The third-order valence-electron chi connectivity index (χ3n) is 4.26. The maximum atomic E-state index is 11.6. The number of nitrogens with one attached hydrogen (secondary N) is 1. The van der Waals surface area contributed by atoms with Gasteiger partial charge in [-0.2, -0.15) is 0 Å². The molecule has 0 aromatic carbocycles. The predicted octanol–water partition coefficient (Wildman–Crippen LogP) is 1.87. The Hall–Kier alpha value is -0.680. The van der Waals surface area contributed by atoms with E-state index in [2.05, 4.69) is 37.8 Å². The van der Waals surface area contributed by atoms with Crippen LogP contribution in [0.15, 0.2) is 15.5 Å². The fraction of sp³-hybridized carbons (Fsp3) is 0.667. The van der Waals surface area contributed by atoms with Crippen LogP contribution in [0.1, 0.15) is 37.4 Å². The molecule has 3 heterocycles. The van der Waals surface area contributed by atoms with E-state index in [9.17, 15) is 4.79 Å². The molecule has 17 heavy (non-hydrogen) atoms. The van der Waals surface area contributed by atoms with Crippen molar-refractivity contribution in [2.24, 2.45) is 0 Å². The molecule has 1 aromatic rings. The van der Waals surface area contributed by atoms with E-state index >= 15 is 0 Å². The summed E-state index contributed by atoms with van der Waals surface area (Å²) in [5.41, 5.74) is -0.0683. The summed E-state index contributed by atoms with van der Waals surface area (Å²) in [7, 11) is 2.22. The highest BCUT2D eigenvalue weighted by Crippen LogP contribution is 2.40. The van der Waals surface area contributed by atoms with Crippen LogP contribution in [0.2, 0.25) is 0 Å². The fourth-order valence-corrected chi connectivity index (χ4v) is 3.44. The topological polar surface area (TPSA) is 49.0 Å². The number of aromatic amines is 1. The van der Waals surface area contributed by atoms with E-state index in [0.717, 1.165) is 18.7 Å². The molecule has 4 nitrogen and oxygen atoms in total. The molecule has 1 aromatic heterocycles. The van der Waals surface area contributed by atoms with Gasteiger partial charge in [-0.3, -0.25) is 4.79 Å². The van der Waals surface area contributed by atoms with Crippen molar-refractivity contribution in [2.45, 2.75) is 43.7 Å². The number of piperidine rings is 1. The third-order valence-corrected chi connectivity index (χ3v) is 4.83. The second-order valence-corrected chi connectivity index (χ2v) is 6.02. The van der Waals surface area contributed by atoms with Gasteiger partial charge in [0.1, 0.15) is 10.3 Å². The first kappa shape index (κ1) is 11.4. The molecule has 1 N–H and O–H groups in total. The van der Waals surface area contributed by atoms with Crippen LogP contribution in [0.4, 0.5) is 0 Å². The highest BCUT2D eigenvalue weighted by atomic mass is 79.9. The maximum Gasteiger partial charge on any atom is 0.265 e. The zero-order valence-corrected chi connectivity index (χ0v) is 11.4. The number of rotatable bonds is 1. The Morgan fingerprint density at radius 3 is 2.65 bits per heavy atom. The fourth-order valence-electron chi connectivity index (χ4n) is 3.24. The van der Waals surface area contributed by atoms with Gasteiger partial charge < -0.3 is 9.88 Å². The molecule has 2 atom stereocenters. The van der Waals surface area contributed by atoms with Crippen LogP contribution >= 0.6 is 15.9 Å². The molecular weight excluding hydrogens is 282 g/mol. The van der Waals surface area contributed by atoms with Crippen molar-refractivity contribution >= 4 is 15.9 Å². The number of hydrogen-bond acceptors (Lipinski definition) is 3. The molecule has 3 rings (SSSR count). The number of nitrogens with zero attached hydrogens (tertiary/aromatic N) is 2. The summed E-state index contributed by atoms with van der Waals surface area (Å²) in [5.74, 6) is 1.28. The summed E-state index contributed by atoms with van der Waals surface area (Å²) in [6, 6.07) is 1.35. The smallest absolute Gasteiger partial charge is 0.265 e. The summed E-state index contributed by atoms with van der Waals surface area (Å²) in [6.45, 7) is 0. The number of aromatic nitrogens is 2. The summed E-state index contributed by atoms with van der Waals surface area (Å²) in [6.07, 6.45) is 6.44.